The van der Waals surface area contributed by atoms with Gasteiger partial charge in [0.25, 0.3) is 0 Å². The van der Waals surface area contributed by atoms with Crippen LogP contribution in [0.5, 0.6) is 0 Å². The van der Waals surface area contributed by atoms with Gasteiger partial charge in [-0.15, -0.1) is 0 Å². The number of rotatable bonds is 9. The zero-order chi connectivity index (χ0) is 16.5. The summed E-state index contributed by atoms with van der Waals surface area (Å²) in [5.41, 5.74) is 1.26. The van der Waals surface area contributed by atoms with Gasteiger partial charge in [-0.2, -0.15) is 0 Å². The van der Waals surface area contributed by atoms with Crippen LogP contribution >= 0.6 is 0 Å². The molecule has 23 heavy (non-hydrogen) atoms. The summed E-state index contributed by atoms with van der Waals surface area (Å²) in [5.74, 6) is 0.586. The number of hydrogen-bond acceptors (Lipinski definition) is 4. The van der Waals surface area contributed by atoms with E-state index in [2.05, 4.69) is 4.72 Å². The van der Waals surface area contributed by atoms with Crippen LogP contribution in [0.2, 0.25) is 0 Å². The van der Waals surface area contributed by atoms with Crippen LogP contribution in [0.4, 0.5) is 0 Å². The van der Waals surface area contributed by atoms with Gasteiger partial charge in [-0.25, -0.2) is 13.1 Å². The van der Waals surface area contributed by atoms with E-state index < -0.39 is 10.0 Å². The lowest BCUT2D eigenvalue weighted by molar-refractivity contribution is 0.0736. The first kappa shape index (κ1) is 18.4. The molecule has 1 N–H and O–H groups in total. The first-order chi connectivity index (χ1) is 11.1. The lowest BCUT2D eigenvalue weighted by Crippen LogP contribution is -2.27. The summed E-state index contributed by atoms with van der Waals surface area (Å²) in [6, 6.07) is 7.33. The molecule has 0 heterocycles. The maximum atomic E-state index is 12.2. The predicted octanol–water partition coefficient (Wildman–Crippen LogP) is 2.68. The average molecular weight is 341 g/mol. The van der Waals surface area contributed by atoms with Crippen molar-refractivity contribution in [2.75, 3.05) is 33.5 Å². The largest absolute Gasteiger partial charge is 0.382 e. The van der Waals surface area contributed by atoms with Crippen LogP contribution in [0, 0.1) is 0 Å². The molecule has 0 amide bonds. The van der Waals surface area contributed by atoms with Crippen LogP contribution in [0.25, 0.3) is 0 Å². The predicted molar refractivity (Wildman–Crippen MR) is 90.2 cm³/mol. The second-order valence-electron chi connectivity index (χ2n) is 5.91. The Morgan fingerprint density at radius 1 is 1.04 bits per heavy atom. The monoisotopic (exact) mass is 341 g/mol. The molecule has 5 nitrogen and oxygen atoms in total. The molecule has 130 valence electrons. The van der Waals surface area contributed by atoms with E-state index in [1.807, 2.05) is 12.1 Å². The molecule has 0 bridgehead atoms. The Kier molecular flexibility index (Phi) is 7.49. The van der Waals surface area contributed by atoms with E-state index in [1.54, 1.807) is 19.2 Å². The number of sulfonamides is 1. The van der Waals surface area contributed by atoms with Crippen LogP contribution < -0.4 is 4.72 Å². The molecule has 0 unspecified atom stereocenters. The standard InChI is InChI=1S/C17H27NO4S/c1-21-13-14-22-12-11-18-23(19,20)17-9-7-16(8-10-17)15-5-3-2-4-6-15/h7-10,15,18H,2-6,11-14H2,1H3. The van der Waals surface area contributed by atoms with E-state index in [9.17, 15) is 8.42 Å². The third-order valence-electron chi connectivity index (χ3n) is 4.24. The van der Waals surface area contributed by atoms with Gasteiger partial charge in [0.15, 0.2) is 0 Å². The van der Waals surface area contributed by atoms with Crippen molar-refractivity contribution in [3.8, 4) is 0 Å². The van der Waals surface area contributed by atoms with Gasteiger partial charge in [0, 0.05) is 13.7 Å². The normalized spacial score (nSPS) is 16.6. The molecule has 0 saturated heterocycles. The topological polar surface area (TPSA) is 64.6 Å². The van der Waals surface area contributed by atoms with Crippen molar-refractivity contribution >= 4 is 10.0 Å². The Balaban J connectivity index is 1.84. The Labute approximate surface area is 139 Å². The zero-order valence-corrected chi connectivity index (χ0v) is 14.6. The van der Waals surface area contributed by atoms with Crippen molar-refractivity contribution in [3.05, 3.63) is 29.8 Å². The van der Waals surface area contributed by atoms with E-state index in [0.717, 1.165) is 0 Å². The van der Waals surface area contributed by atoms with Crippen LogP contribution in [-0.4, -0.2) is 41.9 Å². The van der Waals surface area contributed by atoms with E-state index in [-0.39, 0.29) is 6.54 Å². The van der Waals surface area contributed by atoms with E-state index in [0.29, 0.717) is 30.6 Å². The van der Waals surface area contributed by atoms with Crippen molar-refractivity contribution < 1.29 is 17.9 Å². The maximum absolute atomic E-state index is 12.2. The van der Waals surface area contributed by atoms with Gasteiger partial charge in [0.05, 0.1) is 24.7 Å². The third-order valence-corrected chi connectivity index (χ3v) is 5.71. The van der Waals surface area contributed by atoms with Gasteiger partial charge < -0.3 is 9.47 Å². The maximum Gasteiger partial charge on any atom is 0.240 e. The van der Waals surface area contributed by atoms with Crippen molar-refractivity contribution in [1.29, 1.82) is 0 Å². The summed E-state index contributed by atoms with van der Waals surface area (Å²) in [5, 5.41) is 0. The molecule has 1 fully saturated rings. The molecule has 0 aliphatic heterocycles. The fraction of sp³-hybridized carbons (Fsp3) is 0.647. The van der Waals surface area contributed by atoms with Crippen LogP contribution in [0.3, 0.4) is 0 Å². The highest BCUT2D eigenvalue weighted by Gasteiger charge is 2.17. The summed E-state index contributed by atoms with van der Waals surface area (Å²) < 4.78 is 37.1. The summed E-state index contributed by atoms with van der Waals surface area (Å²) in [7, 11) is -1.86. The summed E-state index contributed by atoms with van der Waals surface area (Å²) in [4.78, 5) is 0.314. The highest BCUT2D eigenvalue weighted by Crippen LogP contribution is 2.32. The summed E-state index contributed by atoms with van der Waals surface area (Å²) in [6.07, 6.45) is 6.29. The Morgan fingerprint density at radius 2 is 1.74 bits per heavy atom. The van der Waals surface area contributed by atoms with Crippen LogP contribution in [0.15, 0.2) is 29.2 Å². The molecule has 1 aromatic rings. The number of methoxy groups -OCH3 is 1. The molecule has 0 radical (unpaired) electrons. The molecular weight excluding hydrogens is 314 g/mol. The molecule has 0 atom stereocenters. The minimum absolute atomic E-state index is 0.260. The number of benzene rings is 1. The molecule has 1 aliphatic rings. The smallest absolute Gasteiger partial charge is 0.240 e. The molecule has 1 aliphatic carbocycles. The molecule has 6 heteroatoms. The molecule has 1 aromatic carbocycles. The summed E-state index contributed by atoms with van der Waals surface area (Å²) >= 11 is 0. The molecule has 1 saturated carbocycles. The van der Waals surface area contributed by atoms with Gasteiger partial charge >= 0.3 is 0 Å². The lowest BCUT2D eigenvalue weighted by atomic mass is 9.84. The van der Waals surface area contributed by atoms with E-state index in [4.69, 9.17) is 9.47 Å². The molecule has 2 rings (SSSR count). The Morgan fingerprint density at radius 3 is 2.39 bits per heavy atom. The van der Waals surface area contributed by atoms with Crippen molar-refractivity contribution in [2.24, 2.45) is 0 Å². The fourth-order valence-electron chi connectivity index (χ4n) is 2.93. The molecular formula is C17H27NO4S. The minimum atomic E-state index is -3.46. The second kappa shape index (κ2) is 9.37. The first-order valence-electron chi connectivity index (χ1n) is 8.30. The van der Waals surface area contributed by atoms with Gasteiger partial charge in [0.2, 0.25) is 10.0 Å². The second-order valence-corrected chi connectivity index (χ2v) is 7.67. The Hall–Kier alpha value is -0.950. The third kappa shape index (κ3) is 5.88. The SMILES string of the molecule is COCCOCCNS(=O)(=O)c1ccc(C2CCCCC2)cc1. The Bertz CT molecular complexity index is 550. The highest BCUT2D eigenvalue weighted by molar-refractivity contribution is 7.89. The molecule has 0 spiro atoms. The zero-order valence-electron chi connectivity index (χ0n) is 13.8. The van der Waals surface area contributed by atoms with E-state index >= 15 is 0 Å². The van der Waals surface area contributed by atoms with E-state index in [1.165, 1.54) is 37.7 Å². The summed E-state index contributed by atoms with van der Waals surface area (Å²) in [6.45, 7) is 1.57. The van der Waals surface area contributed by atoms with Crippen LogP contribution in [-0.2, 0) is 19.5 Å². The lowest BCUT2D eigenvalue weighted by Gasteiger charge is -2.22. The average Bonchev–Trinajstić information content (AvgIpc) is 2.59. The number of hydrogen-bond donors (Lipinski definition) is 1. The fourth-order valence-corrected chi connectivity index (χ4v) is 3.94. The quantitative estimate of drug-likeness (QED) is 0.701. The number of nitrogens with one attached hydrogen (secondary N) is 1. The molecule has 0 aromatic heterocycles. The first-order valence-corrected chi connectivity index (χ1v) is 9.78. The van der Waals surface area contributed by atoms with Gasteiger partial charge in [-0.05, 0) is 36.5 Å². The highest BCUT2D eigenvalue weighted by atomic mass is 32.2. The van der Waals surface area contributed by atoms with Gasteiger partial charge in [-0.3, -0.25) is 0 Å². The minimum Gasteiger partial charge on any atom is -0.382 e. The van der Waals surface area contributed by atoms with Crippen molar-refractivity contribution in [2.45, 2.75) is 42.9 Å². The van der Waals surface area contributed by atoms with Crippen molar-refractivity contribution in [3.63, 3.8) is 0 Å². The van der Waals surface area contributed by atoms with Gasteiger partial charge in [-0.1, -0.05) is 31.4 Å². The van der Waals surface area contributed by atoms with Gasteiger partial charge in [0.1, 0.15) is 0 Å². The van der Waals surface area contributed by atoms with Crippen LogP contribution in [0.1, 0.15) is 43.6 Å². The number of ether oxygens (including phenoxy) is 2. The van der Waals surface area contributed by atoms with Crippen molar-refractivity contribution in [1.82, 2.24) is 4.72 Å².